The maximum Gasteiger partial charge on any atom is 0.387 e. The largest absolute Gasteiger partial charge is 0.493 e. The topological polar surface area (TPSA) is 156 Å². The van der Waals surface area contributed by atoms with Gasteiger partial charge in [0.25, 0.3) is 0 Å². The fourth-order valence-electron chi connectivity index (χ4n) is 4.21. The minimum Gasteiger partial charge on any atom is -0.493 e. The molecule has 19 heteroatoms. The number of rotatable bonds is 14. The summed E-state index contributed by atoms with van der Waals surface area (Å²) in [6.45, 7) is -6.01. The quantitative estimate of drug-likeness (QED) is 0.0891. The van der Waals surface area contributed by atoms with Crippen LogP contribution in [0.1, 0.15) is 25.1 Å². The van der Waals surface area contributed by atoms with Crippen LogP contribution < -0.4 is 28.4 Å². The van der Waals surface area contributed by atoms with Crippen molar-refractivity contribution in [1.29, 1.82) is 0 Å². The first kappa shape index (κ1) is 25.6. The summed E-state index contributed by atoms with van der Waals surface area (Å²) in [6, 6.07) is 10.3. The van der Waals surface area contributed by atoms with Gasteiger partial charge in [-0.05, 0) is 24.3 Å². The van der Waals surface area contributed by atoms with Gasteiger partial charge in [-0.2, -0.15) is 17.6 Å². The van der Waals surface area contributed by atoms with Gasteiger partial charge in [0.1, 0.15) is 11.5 Å². The van der Waals surface area contributed by atoms with Gasteiger partial charge in [0.15, 0.2) is 33.3 Å². The zero-order valence-corrected chi connectivity index (χ0v) is 27.5. The Balaban J connectivity index is 0.000000231. The zero-order chi connectivity index (χ0) is 45.1. The summed E-state index contributed by atoms with van der Waals surface area (Å²) < 4.78 is 168. The molecule has 6 rings (SSSR count). The molecule has 13 nitrogen and oxygen atoms in total. The van der Waals surface area contributed by atoms with Gasteiger partial charge in [-0.1, -0.05) is 11.8 Å². The van der Waals surface area contributed by atoms with E-state index < -0.39 is 55.2 Å². The third-order valence-electron chi connectivity index (χ3n) is 6.29. The van der Waals surface area contributed by atoms with Crippen LogP contribution in [0.3, 0.4) is 0 Å². The van der Waals surface area contributed by atoms with E-state index in [4.69, 9.17) is 32.7 Å². The molecular weight excluding hydrogens is 721 g/mol. The number of ether oxygens (including phenoxy) is 6. The Morgan fingerprint density at radius 3 is 1.90 bits per heavy atom. The van der Waals surface area contributed by atoms with Crippen LogP contribution in [0, 0.1) is 0 Å². The van der Waals surface area contributed by atoms with Crippen LogP contribution in [0.4, 0.5) is 17.6 Å². The van der Waals surface area contributed by atoms with Crippen molar-refractivity contribution in [2.75, 3.05) is 28.3 Å². The molecular formula is C32H30F4N6O7S2. The lowest BCUT2D eigenvalue weighted by Gasteiger charge is -2.10. The van der Waals surface area contributed by atoms with Crippen LogP contribution in [0.5, 0.6) is 34.5 Å². The molecule has 0 amide bonds. The highest BCUT2D eigenvalue weighted by molar-refractivity contribution is 7.98. The minimum absolute atomic E-state index is 0.0708. The van der Waals surface area contributed by atoms with Gasteiger partial charge in [-0.15, -0.1) is 0 Å². The van der Waals surface area contributed by atoms with Crippen LogP contribution in [0.15, 0.2) is 71.2 Å². The molecule has 0 fully saturated rings. The van der Waals surface area contributed by atoms with E-state index in [1.165, 1.54) is 61.8 Å². The number of thioether (sulfide) groups is 1. The molecule has 0 radical (unpaired) electrons. The van der Waals surface area contributed by atoms with Crippen LogP contribution in [0.2, 0.25) is 0 Å². The molecule has 0 aliphatic heterocycles. The lowest BCUT2D eigenvalue weighted by Crippen LogP contribution is -2.04. The van der Waals surface area contributed by atoms with Gasteiger partial charge < -0.3 is 38.4 Å². The van der Waals surface area contributed by atoms with Crippen molar-refractivity contribution >= 4 is 44.6 Å². The number of benzene rings is 2. The first-order valence-corrected chi connectivity index (χ1v) is 15.8. The molecule has 0 bridgehead atoms. The zero-order valence-electron chi connectivity index (χ0n) is 35.9. The summed E-state index contributed by atoms with van der Waals surface area (Å²) in [4.78, 5) is 21.5. The molecule has 270 valence electrons. The third-order valence-corrected chi connectivity index (χ3v) is 7.89. The number of nitrogens with zero attached hydrogens (tertiary/aromatic N) is 4. The number of hydrogen-bond acceptors (Lipinski definition) is 12. The molecule has 0 aliphatic carbocycles. The first-order valence-electron chi connectivity index (χ1n) is 18.9. The number of aromatic nitrogens is 6. The van der Waals surface area contributed by atoms with E-state index in [0.29, 0.717) is 22.8 Å². The van der Waals surface area contributed by atoms with E-state index in [-0.39, 0.29) is 61.5 Å². The standard InChI is InChI=1S/C16H15F2N3O4S.C16H15F2N3O3S/c1-23-13-5-6-19-12(14(13)24-2)8-26(22)16-20-10-4-3-9(25-15(17)18)7-11(10)21-16;1-22-13-5-6-19-12(14(13)23-2)8-25-16-20-10-4-3-9(24-15(17)18)7-11(10)21-16/h3-7,15H,8H2,1-2H3,(H,20,21);3-7,15H,8H2,1-2H3,(H,20,21)/i2*1D3,8D2. The van der Waals surface area contributed by atoms with Crippen molar-refractivity contribution in [3.05, 3.63) is 72.3 Å². The van der Waals surface area contributed by atoms with Crippen molar-refractivity contribution in [2.45, 2.75) is 34.9 Å². The van der Waals surface area contributed by atoms with E-state index in [2.05, 4.69) is 39.4 Å². The number of fused-ring (bicyclic) bond motifs is 2. The average molecular weight is 761 g/mol. The maximum atomic E-state index is 13.0. The Kier molecular flexibility index (Phi) is 8.58. The Morgan fingerprint density at radius 1 is 0.784 bits per heavy atom. The number of halogens is 4. The molecule has 2 aromatic carbocycles. The second-order valence-electron chi connectivity index (χ2n) is 9.36. The average Bonchev–Trinajstić information content (AvgIpc) is 3.75. The highest BCUT2D eigenvalue weighted by Crippen LogP contribution is 2.34. The number of alkyl halides is 4. The number of aromatic amines is 2. The van der Waals surface area contributed by atoms with Crippen LogP contribution in [-0.4, -0.2) is 75.6 Å². The second kappa shape index (κ2) is 17.1. The molecule has 4 heterocycles. The van der Waals surface area contributed by atoms with Crippen LogP contribution in [0.25, 0.3) is 22.1 Å². The first-order chi connectivity index (χ1) is 28.4. The monoisotopic (exact) mass is 760 g/mol. The molecule has 0 saturated heterocycles. The third kappa shape index (κ3) is 9.28. The van der Waals surface area contributed by atoms with Gasteiger partial charge in [0.2, 0.25) is 0 Å². The molecule has 2 N–H and O–H groups in total. The summed E-state index contributed by atoms with van der Waals surface area (Å²) in [5, 5.41) is -0.171. The minimum atomic E-state index is -3.04. The SMILES string of the molecule is [2H]C([2H])([2H])Oc1ccnc(C([2H])([2H])S(=O)c2nc3ccc(OC(F)F)cc3[nH]2)c1OC.[2H]C([2H])([2H])Oc1ccnc(C([2H])([2H])Sc2nc3ccc(OC(F)F)cc3[nH]2)c1OC. The number of methoxy groups -OCH3 is 4. The van der Waals surface area contributed by atoms with E-state index in [1.54, 1.807) is 0 Å². The normalized spacial score (nSPS) is 15.7. The molecule has 51 heavy (non-hydrogen) atoms. The molecule has 0 saturated carbocycles. The van der Waals surface area contributed by atoms with Crippen molar-refractivity contribution in [3.8, 4) is 34.5 Å². The Hall–Kier alpha value is -5.30. The number of pyridine rings is 2. The van der Waals surface area contributed by atoms with Gasteiger partial charge in [-0.3, -0.25) is 14.2 Å². The molecule has 0 aliphatic rings. The molecule has 6 aromatic rings. The van der Waals surface area contributed by atoms with Gasteiger partial charge in [0.05, 0.1) is 86.5 Å². The maximum absolute atomic E-state index is 13.0. The predicted octanol–water partition coefficient (Wildman–Crippen LogP) is 6.75. The van der Waals surface area contributed by atoms with Crippen molar-refractivity contribution in [3.63, 3.8) is 0 Å². The van der Waals surface area contributed by atoms with Gasteiger partial charge in [-0.25, -0.2) is 9.97 Å². The summed E-state index contributed by atoms with van der Waals surface area (Å²) in [5.74, 6) is -1.25. The molecule has 0 spiro atoms. The van der Waals surface area contributed by atoms with Crippen LogP contribution >= 0.6 is 11.8 Å². The fourth-order valence-corrected chi connectivity index (χ4v) is 5.66. The smallest absolute Gasteiger partial charge is 0.387 e. The summed E-state index contributed by atoms with van der Waals surface area (Å²) >= 11 is 0.640. The molecule has 4 aromatic heterocycles. The highest BCUT2D eigenvalue weighted by atomic mass is 32.2. The molecule has 1 atom stereocenters. The van der Waals surface area contributed by atoms with E-state index >= 15 is 0 Å². The fraction of sp³-hybridized carbons (Fsp3) is 0.250. The summed E-state index contributed by atoms with van der Waals surface area (Å²) in [6.07, 6.45) is 2.28. The predicted molar refractivity (Wildman–Crippen MR) is 180 cm³/mol. The number of hydrogen-bond donors (Lipinski definition) is 2. The highest BCUT2D eigenvalue weighted by Gasteiger charge is 2.18. The Bertz CT molecular complexity index is 2520. The van der Waals surface area contributed by atoms with Gasteiger partial charge in [0, 0.05) is 47.8 Å². The lowest BCUT2D eigenvalue weighted by atomic mass is 10.3. The Labute approximate surface area is 308 Å². The number of imidazole rings is 2. The number of nitrogens with one attached hydrogen (secondary N) is 2. The van der Waals surface area contributed by atoms with E-state index in [9.17, 15) is 21.8 Å². The molecule has 1 unspecified atom stereocenters. The van der Waals surface area contributed by atoms with Crippen molar-refractivity contribution in [2.24, 2.45) is 0 Å². The summed E-state index contributed by atoms with van der Waals surface area (Å²) in [7, 11) is -5.71. The van der Waals surface area contributed by atoms with E-state index in [1.807, 2.05) is 0 Å². The van der Waals surface area contributed by atoms with Crippen molar-refractivity contribution in [1.82, 2.24) is 29.9 Å². The summed E-state index contributed by atoms with van der Waals surface area (Å²) in [5.41, 5.74) is -4.39. The lowest BCUT2D eigenvalue weighted by molar-refractivity contribution is -0.0504. The number of H-pyrrole nitrogens is 2. The van der Waals surface area contributed by atoms with Crippen LogP contribution in [-0.2, 0) is 22.2 Å². The Morgan fingerprint density at radius 2 is 1.33 bits per heavy atom. The second-order valence-corrected chi connectivity index (χ2v) is 11.3. The van der Waals surface area contributed by atoms with Crippen molar-refractivity contribution < 1.29 is 63.9 Å². The van der Waals surface area contributed by atoms with Gasteiger partial charge >= 0.3 is 13.2 Å². The van der Waals surface area contributed by atoms with E-state index in [0.717, 1.165) is 13.3 Å².